The fraction of sp³-hybridized carbons (Fsp3) is 0.417. The Morgan fingerprint density at radius 2 is 2.17 bits per heavy atom. The first kappa shape index (κ1) is 14.0. The predicted octanol–water partition coefficient (Wildman–Crippen LogP) is 1.08. The maximum Gasteiger partial charge on any atom is 0.331 e. The molecule has 6 nitrogen and oxygen atoms in total. The van der Waals surface area contributed by atoms with Crippen molar-refractivity contribution < 1.29 is 19.4 Å². The third-order valence-electron chi connectivity index (χ3n) is 2.53. The molecule has 0 radical (unpaired) electrons. The van der Waals surface area contributed by atoms with E-state index in [-0.39, 0.29) is 6.04 Å². The maximum atomic E-state index is 11.3. The van der Waals surface area contributed by atoms with Crippen molar-refractivity contribution in [2.24, 2.45) is 0 Å². The molecule has 0 spiro atoms. The van der Waals surface area contributed by atoms with Crippen LogP contribution in [-0.4, -0.2) is 40.5 Å². The fourth-order valence-electron chi connectivity index (χ4n) is 1.60. The second-order valence-electron chi connectivity index (χ2n) is 4.02. The first-order chi connectivity index (χ1) is 8.51. The molecule has 1 rings (SSSR count). The van der Waals surface area contributed by atoms with E-state index in [1.807, 2.05) is 0 Å². The van der Waals surface area contributed by atoms with Crippen LogP contribution in [-0.2, 0) is 9.59 Å². The van der Waals surface area contributed by atoms with E-state index in [0.29, 0.717) is 17.9 Å². The first-order valence-corrected chi connectivity index (χ1v) is 5.46. The van der Waals surface area contributed by atoms with Crippen molar-refractivity contribution in [3.05, 3.63) is 23.9 Å². The predicted molar refractivity (Wildman–Crippen MR) is 64.2 cm³/mol. The van der Waals surface area contributed by atoms with Crippen LogP contribution in [0, 0.1) is 0 Å². The van der Waals surface area contributed by atoms with Gasteiger partial charge in [0.15, 0.2) is 6.04 Å². The average Bonchev–Trinajstić information content (AvgIpc) is 2.35. The number of carboxylic acid groups (broad SMARTS) is 1. The van der Waals surface area contributed by atoms with Crippen LogP contribution in [0.3, 0.4) is 0 Å². The van der Waals surface area contributed by atoms with Gasteiger partial charge in [-0.05, 0) is 19.9 Å². The highest BCUT2D eigenvalue weighted by molar-refractivity contribution is 5.78. The van der Waals surface area contributed by atoms with Gasteiger partial charge in [-0.3, -0.25) is 4.79 Å². The van der Waals surface area contributed by atoms with Gasteiger partial charge >= 0.3 is 5.97 Å². The van der Waals surface area contributed by atoms with Gasteiger partial charge in [0.25, 0.3) is 0 Å². The van der Waals surface area contributed by atoms with Gasteiger partial charge in [-0.25, -0.2) is 9.78 Å². The minimum Gasteiger partial charge on any atom is -0.481 e. The lowest BCUT2D eigenvalue weighted by molar-refractivity contribution is -0.148. The Hall–Kier alpha value is -2.11. The molecule has 0 saturated carbocycles. The summed E-state index contributed by atoms with van der Waals surface area (Å²) in [7, 11) is 1.47. The van der Waals surface area contributed by atoms with Crippen LogP contribution in [0.25, 0.3) is 0 Å². The number of hydrogen-bond donors (Lipinski definition) is 1. The Morgan fingerprint density at radius 1 is 1.50 bits per heavy atom. The summed E-state index contributed by atoms with van der Waals surface area (Å²) >= 11 is 0. The van der Waals surface area contributed by atoms with Crippen molar-refractivity contribution in [2.45, 2.75) is 25.9 Å². The first-order valence-electron chi connectivity index (χ1n) is 5.46. The number of hydrogen-bond acceptors (Lipinski definition) is 4. The molecule has 98 valence electrons. The van der Waals surface area contributed by atoms with Crippen molar-refractivity contribution >= 4 is 12.4 Å². The molecule has 1 N–H and O–H groups in total. The van der Waals surface area contributed by atoms with Gasteiger partial charge in [-0.2, -0.15) is 0 Å². The van der Waals surface area contributed by atoms with E-state index >= 15 is 0 Å². The van der Waals surface area contributed by atoms with E-state index in [4.69, 9.17) is 4.74 Å². The van der Waals surface area contributed by atoms with E-state index in [1.54, 1.807) is 26.0 Å². The Bertz CT molecular complexity index is 417. The van der Waals surface area contributed by atoms with Crippen LogP contribution in [0.1, 0.15) is 25.5 Å². The number of nitrogens with zero attached hydrogens (tertiary/aromatic N) is 2. The van der Waals surface area contributed by atoms with Gasteiger partial charge in [0, 0.05) is 23.9 Å². The van der Waals surface area contributed by atoms with Gasteiger partial charge in [0.1, 0.15) is 0 Å². The Morgan fingerprint density at radius 3 is 2.50 bits per heavy atom. The molecule has 0 fully saturated rings. The molecule has 1 amide bonds. The van der Waals surface area contributed by atoms with Crippen LogP contribution >= 0.6 is 0 Å². The van der Waals surface area contributed by atoms with Gasteiger partial charge in [-0.1, -0.05) is 0 Å². The minimum absolute atomic E-state index is 0.217. The molecule has 1 aromatic heterocycles. The monoisotopic (exact) mass is 252 g/mol. The molecule has 0 aliphatic carbocycles. The number of rotatable bonds is 6. The van der Waals surface area contributed by atoms with Crippen molar-refractivity contribution in [2.75, 3.05) is 7.11 Å². The topological polar surface area (TPSA) is 79.7 Å². The van der Waals surface area contributed by atoms with E-state index < -0.39 is 12.0 Å². The van der Waals surface area contributed by atoms with Gasteiger partial charge < -0.3 is 14.7 Å². The molecule has 6 heteroatoms. The van der Waals surface area contributed by atoms with E-state index in [2.05, 4.69) is 4.98 Å². The zero-order valence-electron chi connectivity index (χ0n) is 10.5. The number of carboxylic acids is 1. The molecule has 1 atom stereocenters. The molecule has 0 bridgehead atoms. The largest absolute Gasteiger partial charge is 0.481 e. The Balaban J connectivity index is 3.10. The summed E-state index contributed by atoms with van der Waals surface area (Å²) in [5.41, 5.74) is 0.434. The Labute approximate surface area is 105 Å². The molecule has 1 heterocycles. The molecule has 1 unspecified atom stereocenters. The number of carbonyl (C=O) groups is 2. The molecule has 1 aromatic rings. The van der Waals surface area contributed by atoms with Crippen molar-refractivity contribution in [1.82, 2.24) is 9.88 Å². The van der Waals surface area contributed by atoms with Crippen LogP contribution in [0.5, 0.6) is 5.88 Å². The molecular formula is C12H16N2O4. The number of pyridine rings is 1. The van der Waals surface area contributed by atoms with Crippen LogP contribution in [0.2, 0.25) is 0 Å². The highest BCUT2D eigenvalue weighted by atomic mass is 16.5. The number of methoxy groups -OCH3 is 1. The average molecular weight is 252 g/mol. The second kappa shape index (κ2) is 6.00. The van der Waals surface area contributed by atoms with Crippen molar-refractivity contribution in [3.63, 3.8) is 0 Å². The van der Waals surface area contributed by atoms with E-state index in [0.717, 1.165) is 0 Å². The van der Waals surface area contributed by atoms with E-state index in [9.17, 15) is 14.7 Å². The molecular weight excluding hydrogens is 236 g/mol. The van der Waals surface area contributed by atoms with Gasteiger partial charge in [0.05, 0.1) is 7.11 Å². The van der Waals surface area contributed by atoms with Gasteiger partial charge in [0.2, 0.25) is 12.3 Å². The zero-order valence-corrected chi connectivity index (χ0v) is 10.5. The lowest BCUT2D eigenvalue weighted by Crippen LogP contribution is -2.38. The standard InChI is InChI=1S/C12H16N2O4/c1-8(2)14(7-15)11(12(16)17)9-4-5-10(18-3)13-6-9/h4-8,11H,1-3H3,(H,16,17). The SMILES string of the molecule is COc1ccc(C(C(=O)O)N(C=O)C(C)C)cn1. The lowest BCUT2D eigenvalue weighted by atomic mass is 10.1. The molecule has 0 saturated heterocycles. The summed E-state index contributed by atoms with van der Waals surface area (Å²) in [6, 6.07) is 1.89. The number of ether oxygens (including phenoxy) is 1. The van der Waals surface area contributed by atoms with Crippen molar-refractivity contribution in [3.8, 4) is 5.88 Å². The third kappa shape index (κ3) is 2.97. The maximum absolute atomic E-state index is 11.3. The minimum atomic E-state index is -1.09. The summed E-state index contributed by atoms with van der Waals surface area (Å²) in [6.45, 7) is 3.50. The number of amides is 1. The lowest BCUT2D eigenvalue weighted by Gasteiger charge is -2.28. The summed E-state index contributed by atoms with van der Waals surface area (Å²) in [5, 5.41) is 9.24. The molecule has 18 heavy (non-hydrogen) atoms. The quantitative estimate of drug-likeness (QED) is 0.766. The number of carbonyl (C=O) groups excluding carboxylic acids is 1. The summed E-state index contributed by atoms with van der Waals surface area (Å²) in [5.74, 6) is -0.701. The summed E-state index contributed by atoms with van der Waals surface area (Å²) in [6.07, 6.45) is 1.93. The number of aromatic nitrogens is 1. The molecule has 0 aliphatic rings. The number of aliphatic carboxylic acids is 1. The summed E-state index contributed by atoms with van der Waals surface area (Å²) < 4.78 is 4.90. The van der Waals surface area contributed by atoms with Crippen LogP contribution < -0.4 is 4.74 Å². The molecule has 0 aliphatic heterocycles. The summed E-state index contributed by atoms with van der Waals surface area (Å²) in [4.78, 5) is 27.5. The fourth-order valence-corrected chi connectivity index (χ4v) is 1.60. The smallest absolute Gasteiger partial charge is 0.331 e. The van der Waals surface area contributed by atoms with Gasteiger partial charge in [-0.15, -0.1) is 0 Å². The van der Waals surface area contributed by atoms with Crippen LogP contribution in [0.15, 0.2) is 18.3 Å². The zero-order chi connectivity index (χ0) is 13.7. The molecule has 0 aromatic carbocycles. The van der Waals surface area contributed by atoms with E-state index in [1.165, 1.54) is 18.2 Å². The third-order valence-corrected chi connectivity index (χ3v) is 2.53. The Kier molecular flexibility index (Phi) is 4.65. The second-order valence-corrected chi connectivity index (χ2v) is 4.02. The van der Waals surface area contributed by atoms with Crippen LogP contribution in [0.4, 0.5) is 0 Å². The highest BCUT2D eigenvalue weighted by Gasteiger charge is 2.28. The normalized spacial score (nSPS) is 12.0. The highest BCUT2D eigenvalue weighted by Crippen LogP contribution is 2.22. The van der Waals surface area contributed by atoms with Crippen molar-refractivity contribution in [1.29, 1.82) is 0 Å².